The first-order chi connectivity index (χ1) is 15.6. The zero-order valence-electron chi connectivity index (χ0n) is 18.6. The number of carboxylic acids is 1. The highest BCUT2D eigenvalue weighted by molar-refractivity contribution is 5.85. The van der Waals surface area contributed by atoms with Gasteiger partial charge in [-0.3, -0.25) is 0 Å². The molecule has 2 aromatic rings. The fraction of sp³-hybridized carbons (Fsp3) is 0.458. The minimum Gasteiger partial charge on any atom is -0.496 e. The molecule has 0 radical (unpaired) electrons. The first kappa shape index (κ1) is 23.2. The SMILES string of the molecule is COc1cc(-c2ccc(NC3(C(=O)O)CC(F)(F)C3)cc2COC2CC2)c(F)c(OC)c1C. The van der Waals surface area contributed by atoms with Crippen molar-refractivity contribution in [3.05, 3.63) is 41.2 Å². The van der Waals surface area contributed by atoms with E-state index in [1.165, 1.54) is 14.2 Å². The van der Waals surface area contributed by atoms with Gasteiger partial charge in [0.15, 0.2) is 11.6 Å². The normalized spacial score (nSPS) is 18.4. The van der Waals surface area contributed by atoms with Crippen LogP contribution in [0.15, 0.2) is 24.3 Å². The molecule has 6 nitrogen and oxygen atoms in total. The smallest absolute Gasteiger partial charge is 0.329 e. The van der Waals surface area contributed by atoms with Crippen LogP contribution in [0.25, 0.3) is 11.1 Å². The maximum Gasteiger partial charge on any atom is 0.329 e. The molecule has 0 bridgehead atoms. The summed E-state index contributed by atoms with van der Waals surface area (Å²) >= 11 is 0. The van der Waals surface area contributed by atoms with Crippen LogP contribution < -0.4 is 14.8 Å². The molecule has 0 spiro atoms. The Kier molecular flexibility index (Phi) is 5.94. The lowest BCUT2D eigenvalue weighted by molar-refractivity contribution is -0.168. The third kappa shape index (κ3) is 4.46. The summed E-state index contributed by atoms with van der Waals surface area (Å²) < 4.78 is 58.8. The number of benzene rings is 2. The zero-order valence-corrected chi connectivity index (χ0v) is 18.6. The second-order valence-electron chi connectivity index (χ2n) is 8.70. The van der Waals surface area contributed by atoms with Gasteiger partial charge < -0.3 is 24.6 Å². The summed E-state index contributed by atoms with van der Waals surface area (Å²) in [5.74, 6) is -4.43. The van der Waals surface area contributed by atoms with Crippen molar-refractivity contribution >= 4 is 11.7 Å². The van der Waals surface area contributed by atoms with Crippen molar-refractivity contribution in [2.24, 2.45) is 0 Å². The summed E-state index contributed by atoms with van der Waals surface area (Å²) in [4.78, 5) is 11.7. The summed E-state index contributed by atoms with van der Waals surface area (Å²) in [6.45, 7) is 1.85. The molecule has 0 aliphatic heterocycles. The first-order valence-electron chi connectivity index (χ1n) is 10.6. The molecular formula is C24H26F3NO5. The molecule has 2 aliphatic rings. The van der Waals surface area contributed by atoms with Gasteiger partial charge in [-0.1, -0.05) is 6.07 Å². The number of nitrogens with one attached hydrogen (secondary N) is 1. The number of ether oxygens (including phenoxy) is 3. The quantitative estimate of drug-likeness (QED) is 0.533. The van der Waals surface area contributed by atoms with Gasteiger partial charge in [0.1, 0.15) is 11.3 Å². The van der Waals surface area contributed by atoms with Gasteiger partial charge in [0, 0.05) is 29.7 Å². The van der Waals surface area contributed by atoms with Crippen molar-refractivity contribution in [2.75, 3.05) is 19.5 Å². The molecule has 0 amide bonds. The maximum atomic E-state index is 15.4. The Bertz CT molecular complexity index is 1080. The number of carbonyl (C=O) groups is 1. The van der Waals surface area contributed by atoms with Crippen LogP contribution in [0, 0.1) is 12.7 Å². The molecule has 0 heterocycles. The highest BCUT2D eigenvalue weighted by Crippen LogP contribution is 2.48. The van der Waals surface area contributed by atoms with Crippen molar-refractivity contribution < 1.29 is 37.3 Å². The van der Waals surface area contributed by atoms with Gasteiger partial charge in [-0.2, -0.15) is 0 Å². The summed E-state index contributed by atoms with van der Waals surface area (Å²) in [6.07, 6.45) is 0.394. The summed E-state index contributed by atoms with van der Waals surface area (Å²) in [5, 5.41) is 12.3. The molecule has 2 fully saturated rings. The molecule has 0 saturated heterocycles. The van der Waals surface area contributed by atoms with Gasteiger partial charge in [-0.05, 0) is 49.1 Å². The number of methoxy groups -OCH3 is 2. The van der Waals surface area contributed by atoms with Crippen LogP contribution in [0.3, 0.4) is 0 Å². The Morgan fingerprint density at radius 1 is 1.15 bits per heavy atom. The molecule has 0 aromatic heterocycles. The largest absolute Gasteiger partial charge is 0.496 e. The number of halogens is 3. The number of rotatable bonds is 9. The van der Waals surface area contributed by atoms with Crippen LogP contribution in [0.1, 0.15) is 36.8 Å². The lowest BCUT2D eigenvalue weighted by atomic mass is 9.73. The van der Waals surface area contributed by atoms with Crippen LogP contribution >= 0.6 is 0 Å². The van der Waals surface area contributed by atoms with Gasteiger partial charge in [0.25, 0.3) is 5.92 Å². The molecule has 0 atom stereocenters. The Morgan fingerprint density at radius 2 is 1.85 bits per heavy atom. The van der Waals surface area contributed by atoms with Crippen molar-refractivity contribution in [3.8, 4) is 22.6 Å². The predicted octanol–water partition coefficient (Wildman–Crippen LogP) is 5.16. The van der Waals surface area contributed by atoms with E-state index in [4.69, 9.17) is 14.2 Å². The van der Waals surface area contributed by atoms with Crippen LogP contribution in [-0.4, -0.2) is 42.9 Å². The third-order valence-electron chi connectivity index (χ3n) is 6.15. The van der Waals surface area contributed by atoms with Gasteiger partial charge >= 0.3 is 5.97 Å². The van der Waals surface area contributed by atoms with Crippen molar-refractivity contribution in [2.45, 2.75) is 56.8 Å². The maximum absolute atomic E-state index is 15.4. The third-order valence-corrected chi connectivity index (χ3v) is 6.15. The van der Waals surface area contributed by atoms with Gasteiger partial charge in [-0.15, -0.1) is 0 Å². The van der Waals surface area contributed by atoms with E-state index in [0.717, 1.165) is 12.8 Å². The minimum atomic E-state index is -3.03. The van der Waals surface area contributed by atoms with Crippen LogP contribution in [-0.2, 0) is 16.1 Å². The van der Waals surface area contributed by atoms with Crippen molar-refractivity contribution in [1.29, 1.82) is 0 Å². The molecule has 2 saturated carbocycles. The molecule has 178 valence electrons. The average molecular weight is 465 g/mol. The number of hydrogen-bond acceptors (Lipinski definition) is 5. The fourth-order valence-corrected chi connectivity index (χ4v) is 4.25. The van der Waals surface area contributed by atoms with E-state index in [2.05, 4.69) is 5.32 Å². The number of anilines is 1. The second kappa shape index (κ2) is 8.44. The summed E-state index contributed by atoms with van der Waals surface area (Å²) in [7, 11) is 2.85. The Hall–Kier alpha value is -2.94. The molecule has 33 heavy (non-hydrogen) atoms. The number of alkyl halides is 2. The minimum absolute atomic E-state index is 0.0575. The van der Waals surface area contributed by atoms with Crippen LogP contribution in [0.2, 0.25) is 0 Å². The molecular weight excluding hydrogens is 439 g/mol. The van der Waals surface area contributed by atoms with E-state index in [-0.39, 0.29) is 24.0 Å². The number of aliphatic carboxylic acids is 1. The topological polar surface area (TPSA) is 77.0 Å². The number of carboxylic acid groups (broad SMARTS) is 1. The molecule has 2 aliphatic carbocycles. The van der Waals surface area contributed by atoms with E-state index in [0.29, 0.717) is 28.1 Å². The van der Waals surface area contributed by atoms with E-state index in [1.54, 1.807) is 31.2 Å². The highest BCUT2D eigenvalue weighted by atomic mass is 19.3. The lowest BCUT2D eigenvalue weighted by Crippen LogP contribution is -2.61. The van der Waals surface area contributed by atoms with Gasteiger partial charge in [0.05, 0.1) is 26.9 Å². The standard InChI is InChI=1S/C24H26F3NO5/c1-13-19(31-2)9-18(20(25)21(13)32-3)17-7-4-15(8-14(17)10-33-16-5-6-16)28-23(22(29)30)11-24(26,27)12-23/h4,7-9,16,28H,5-6,10-12H2,1-3H3,(H,29,30). The zero-order chi connectivity index (χ0) is 24.0. The monoisotopic (exact) mass is 465 g/mol. The predicted molar refractivity (Wildman–Crippen MR) is 116 cm³/mol. The Labute approximate surface area is 189 Å². The summed E-state index contributed by atoms with van der Waals surface area (Å²) in [6, 6.07) is 6.36. The molecule has 9 heteroatoms. The first-order valence-corrected chi connectivity index (χ1v) is 10.6. The second-order valence-corrected chi connectivity index (χ2v) is 8.70. The number of hydrogen-bond donors (Lipinski definition) is 2. The van der Waals surface area contributed by atoms with E-state index < -0.39 is 36.1 Å². The molecule has 2 aromatic carbocycles. The van der Waals surface area contributed by atoms with E-state index >= 15 is 4.39 Å². The highest BCUT2D eigenvalue weighted by Gasteiger charge is 2.61. The van der Waals surface area contributed by atoms with Gasteiger partial charge in [-0.25, -0.2) is 18.0 Å². The average Bonchev–Trinajstić information content (AvgIpc) is 3.56. The van der Waals surface area contributed by atoms with Crippen molar-refractivity contribution in [1.82, 2.24) is 0 Å². The molecule has 4 rings (SSSR count). The van der Waals surface area contributed by atoms with Crippen LogP contribution in [0.5, 0.6) is 11.5 Å². The van der Waals surface area contributed by atoms with E-state index in [9.17, 15) is 18.7 Å². The van der Waals surface area contributed by atoms with Crippen molar-refractivity contribution in [3.63, 3.8) is 0 Å². The molecule has 0 unspecified atom stereocenters. The van der Waals surface area contributed by atoms with Crippen LogP contribution in [0.4, 0.5) is 18.9 Å². The van der Waals surface area contributed by atoms with E-state index in [1.807, 2.05) is 0 Å². The molecule has 2 N–H and O–H groups in total. The Morgan fingerprint density at radius 3 is 2.39 bits per heavy atom. The Balaban J connectivity index is 1.74. The van der Waals surface area contributed by atoms with Gasteiger partial charge in [0.2, 0.25) is 0 Å². The lowest BCUT2D eigenvalue weighted by Gasteiger charge is -2.44. The summed E-state index contributed by atoms with van der Waals surface area (Å²) in [5.41, 5.74) is 0.450. The fourth-order valence-electron chi connectivity index (χ4n) is 4.25.